The van der Waals surface area contributed by atoms with E-state index in [2.05, 4.69) is 10.6 Å². The van der Waals surface area contributed by atoms with Crippen LogP contribution in [0.1, 0.15) is 0 Å². The molecule has 0 aromatic rings. The first-order chi connectivity index (χ1) is 2.89. The van der Waals surface area contributed by atoms with Crippen LogP contribution in [0.2, 0.25) is 0 Å². The van der Waals surface area contributed by atoms with E-state index in [0.717, 1.165) is 0 Å². The summed E-state index contributed by atoms with van der Waals surface area (Å²) in [6.45, 7) is 0.638. The Balaban J connectivity index is 2.45. The van der Waals surface area contributed by atoms with Gasteiger partial charge < -0.3 is 5.32 Å². The molecule has 0 saturated heterocycles. The molecule has 1 N–H and O–H groups in total. The Hall–Kier alpha value is -0.370. The summed E-state index contributed by atoms with van der Waals surface area (Å²) in [7, 11) is 0. The van der Waals surface area contributed by atoms with Crippen molar-refractivity contribution in [2.75, 3.05) is 6.67 Å². The van der Waals surface area contributed by atoms with Crippen LogP contribution in [0.25, 0.3) is 0 Å². The van der Waals surface area contributed by atoms with Gasteiger partial charge in [-0.1, -0.05) is 11.6 Å². The van der Waals surface area contributed by atoms with Crippen molar-refractivity contribution in [1.29, 1.82) is 0 Å². The Kier molecular flexibility index (Phi) is 0.881. The molecule has 33 valence electrons. The average Bonchev–Trinajstić information content (AvgIpc) is 1.86. The fraction of sp³-hybridized carbons (Fsp3) is 0.333. The standard InChI is InChI=1S/C3H4ClN2/c4-3-1-5-2-6-3/h1,6H,2H2. The Labute approximate surface area is 41.2 Å². The van der Waals surface area contributed by atoms with E-state index in [1.54, 1.807) is 6.20 Å². The molecule has 0 bridgehead atoms. The molecule has 1 radical (unpaired) electrons. The lowest BCUT2D eigenvalue weighted by Crippen LogP contribution is -2.07. The lowest BCUT2D eigenvalue weighted by atomic mass is 11.0. The van der Waals surface area contributed by atoms with Gasteiger partial charge in [0.15, 0.2) is 0 Å². The molecular weight excluding hydrogens is 99.5 g/mol. The molecule has 1 aliphatic rings. The van der Waals surface area contributed by atoms with Crippen molar-refractivity contribution < 1.29 is 0 Å². The second-order valence-electron chi connectivity index (χ2n) is 0.995. The van der Waals surface area contributed by atoms with E-state index < -0.39 is 0 Å². The quantitative estimate of drug-likeness (QED) is 0.435. The van der Waals surface area contributed by atoms with Crippen molar-refractivity contribution in [3.8, 4) is 0 Å². The van der Waals surface area contributed by atoms with Crippen LogP contribution < -0.4 is 10.6 Å². The van der Waals surface area contributed by atoms with Gasteiger partial charge in [-0.2, -0.15) is 0 Å². The molecule has 6 heavy (non-hydrogen) atoms. The highest BCUT2D eigenvalue weighted by atomic mass is 35.5. The topological polar surface area (TPSA) is 26.1 Å². The number of halogens is 1. The molecule has 0 amide bonds. The lowest BCUT2D eigenvalue weighted by molar-refractivity contribution is 0.818. The summed E-state index contributed by atoms with van der Waals surface area (Å²) in [6, 6.07) is 0. The Morgan fingerprint density at radius 1 is 2.00 bits per heavy atom. The molecule has 2 nitrogen and oxygen atoms in total. The first-order valence-electron chi connectivity index (χ1n) is 1.66. The minimum Gasteiger partial charge on any atom is -0.356 e. The SMILES string of the molecule is ClC1=C[N]CN1. The third-order valence-corrected chi connectivity index (χ3v) is 0.775. The zero-order chi connectivity index (χ0) is 4.41. The fourth-order valence-corrected chi connectivity index (χ4v) is 0.421. The van der Waals surface area contributed by atoms with Crippen molar-refractivity contribution in [2.45, 2.75) is 0 Å². The van der Waals surface area contributed by atoms with Crippen molar-refractivity contribution in [3.05, 3.63) is 11.4 Å². The summed E-state index contributed by atoms with van der Waals surface area (Å²) in [6.07, 6.45) is 1.60. The highest BCUT2D eigenvalue weighted by Crippen LogP contribution is 1.96. The van der Waals surface area contributed by atoms with Crippen molar-refractivity contribution >= 4 is 11.6 Å². The molecule has 0 aliphatic carbocycles. The van der Waals surface area contributed by atoms with Crippen molar-refractivity contribution in [2.24, 2.45) is 0 Å². The summed E-state index contributed by atoms with van der Waals surface area (Å²) in [5.41, 5.74) is 0. The van der Waals surface area contributed by atoms with Crippen LogP contribution in [-0.4, -0.2) is 6.67 Å². The average molecular weight is 104 g/mol. The van der Waals surface area contributed by atoms with E-state index in [1.807, 2.05) is 0 Å². The number of hydrogen-bond donors (Lipinski definition) is 1. The van der Waals surface area contributed by atoms with Crippen LogP contribution in [0.3, 0.4) is 0 Å². The van der Waals surface area contributed by atoms with Gasteiger partial charge in [-0.3, -0.25) is 5.32 Å². The zero-order valence-corrected chi connectivity index (χ0v) is 3.87. The minimum absolute atomic E-state index is 0.634. The lowest BCUT2D eigenvalue weighted by Gasteiger charge is -1.84. The summed E-state index contributed by atoms with van der Waals surface area (Å²) in [5.74, 6) is 0. The highest BCUT2D eigenvalue weighted by molar-refractivity contribution is 6.29. The minimum atomic E-state index is 0.634. The monoisotopic (exact) mass is 103 g/mol. The predicted molar refractivity (Wildman–Crippen MR) is 24.1 cm³/mol. The van der Waals surface area contributed by atoms with Gasteiger partial charge in [0.05, 0.1) is 6.20 Å². The second-order valence-corrected chi connectivity index (χ2v) is 1.40. The second kappa shape index (κ2) is 1.39. The molecule has 1 aliphatic heterocycles. The number of nitrogens with one attached hydrogen (secondary N) is 1. The van der Waals surface area contributed by atoms with E-state index in [1.165, 1.54) is 0 Å². The first kappa shape index (κ1) is 3.81. The van der Waals surface area contributed by atoms with E-state index >= 15 is 0 Å². The molecule has 0 atom stereocenters. The summed E-state index contributed by atoms with van der Waals surface area (Å²) < 4.78 is 0. The van der Waals surface area contributed by atoms with Gasteiger partial charge in [0.1, 0.15) is 11.8 Å². The Bertz CT molecular complexity index is 78.9. The maximum Gasteiger partial charge on any atom is 0.121 e. The highest BCUT2D eigenvalue weighted by Gasteiger charge is 1.95. The molecule has 0 fully saturated rings. The first-order valence-corrected chi connectivity index (χ1v) is 2.03. The van der Waals surface area contributed by atoms with Crippen LogP contribution in [-0.2, 0) is 0 Å². The maximum absolute atomic E-state index is 5.37. The van der Waals surface area contributed by atoms with Gasteiger partial charge in [0.2, 0.25) is 0 Å². The molecule has 3 heteroatoms. The molecule has 1 heterocycles. The van der Waals surface area contributed by atoms with Gasteiger partial charge in [0, 0.05) is 0 Å². The van der Waals surface area contributed by atoms with E-state index in [9.17, 15) is 0 Å². The largest absolute Gasteiger partial charge is 0.356 e. The van der Waals surface area contributed by atoms with Gasteiger partial charge >= 0.3 is 0 Å². The van der Waals surface area contributed by atoms with Gasteiger partial charge in [-0.25, -0.2) is 0 Å². The summed E-state index contributed by atoms with van der Waals surface area (Å²) in [5, 5.41) is 7.17. The maximum atomic E-state index is 5.37. The van der Waals surface area contributed by atoms with Crippen molar-refractivity contribution in [3.63, 3.8) is 0 Å². The van der Waals surface area contributed by atoms with Crippen LogP contribution in [0.15, 0.2) is 11.4 Å². The van der Waals surface area contributed by atoms with Gasteiger partial charge in [0.25, 0.3) is 0 Å². The summed E-state index contributed by atoms with van der Waals surface area (Å²) >= 11 is 5.37. The molecule has 0 saturated carbocycles. The van der Waals surface area contributed by atoms with E-state index in [0.29, 0.717) is 11.8 Å². The zero-order valence-electron chi connectivity index (χ0n) is 3.11. The molecule has 0 unspecified atom stereocenters. The number of nitrogens with zero attached hydrogens (tertiary/aromatic N) is 1. The predicted octanol–water partition coefficient (Wildman–Crippen LogP) is 0.189. The molecule has 0 spiro atoms. The Morgan fingerprint density at radius 2 is 2.83 bits per heavy atom. The van der Waals surface area contributed by atoms with Crippen LogP contribution in [0.5, 0.6) is 0 Å². The van der Waals surface area contributed by atoms with Crippen molar-refractivity contribution in [1.82, 2.24) is 10.6 Å². The normalized spacial score (nSPS) is 18.5. The van der Waals surface area contributed by atoms with E-state index in [-0.39, 0.29) is 0 Å². The molecular formula is C3H4ClN2. The number of hydrogen-bond acceptors (Lipinski definition) is 1. The number of rotatable bonds is 0. The van der Waals surface area contributed by atoms with Crippen LogP contribution in [0.4, 0.5) is 0 Å². The van der Waals surface area contributed by atoms with Gasteiger partial charge in [-0.15, -0.1) is 0 Å². The third kappa shape index (κ3) is 0.571. The van der Waals surface area contributed by atoms with Crippen LogP contribution >= 0.6 is 11.6 Å². The molecule has 0 aromatic heterocycles. The van der Waals surface area contributed by atoms with Gasteiger partial charge in [-0.05, 0) is 0 Å². The molecule has 1 rings (SSSR count). The smallest absolute Gasteiger partial charge is 0.121 e. The fourth-order valence-electron chi connectivity index (χ4n) is 0.293. The Morgan fingerprint density at radius 3 is 3.00 bits per heavy atom. The van der Waals surface area contributed by atoms with Crippen LogP contribution in [0, 0.1) is 0 Å². The third-order valence-electron chi connectivity index (χ3n) is 0.544. The molecule has 0 aromatic carbocycles. The summed E-state index contributed by atoms with van der Waals surface area (Å²) in [4.78, 5) is 0. The van der Waals surface area contributed by atoms with E-state index in [4.69, 9.17) is 11.6 Å².